The normalized spacial score (nSPS) is 24.9. The minimum atomic E-state index is -0.124. The van der Waals surface area contributed by atoms with Crippen LogP contribution in [-0.4, -0.2) is 6.04 Å². The highest BCUT2D eigenvalue weighted by molar-refractivity contribution is 9.10. The van der Waals surface area contributed by atoms with E-state index in [0.29, 0.717) is 12.6 Å². The van der Waals surface area contributed by atoms with Gasteiger partial charge in [-0.05, 0) is 37.0 Å². The molecule has 1 fully saturated rings. The van der Waals surface area contributed by atoms with E-state index < -0.39 is 0 Å². The van der Waals surface area contributed by atoms with Crippen molar-refractivity contribution in [3.8, 4) is 0 Å². The molecule has 0 aromatic heterocycles. The van der Waals surface area contributed by atoms with Gasteiger partial charge in [-0.15, -0.1) is 0 Å². The number of nitrogens with one attached hydrogen (secondary N) is 1. The van der Waals surface area contributed by atoms with Crippen molar-refractivity contribution in [1.82, 2.24) is 5.32 Å². The molecule has 1 aromatic carbocycles. The molecule has 0 radical (unpaired) electrons. The maximum atomic E-state index is 13.5. The summed E-state index contributed by atoms with van der Waals surface area (Å²) in [6.07, 6.45) is 3.80. The molecular formula is C13H17BrFN. The van der Waals surface area contributed by atoms with Gasteiger partial charge in [0.15, 0.2) is 0 Å². The fourth-order valence-corrected chi connectivity index (χ4v) is 2.78. The fraction of sp³-hybridized carbons (Fsp3) is 0.538. The molecule has 1 N–H and O–H groups in total. The lowest BCUT2D eigenvalue weighted by molar-refractivity contribution is 0.421. The molecule has 0 spiro atoms. The third kappa shape index (κ3) is 2.83. The van der Waals surface area contributed by atoms with Gasteiger partial charge in [0.25, 0.3) is 0 Å². The van der Waals surface area contributed by atoms with Gasteiger partial charge in [0, 0.05) is 22.6 Å². The van der Waals surface area contributed by atoms with Crippen molar-refractivity contribution >= 4 is 15.9 Å². The molecule has 1 aliphatic rings. The minimum Gasteiger partial charge on any atom is -0.310 e. The molecule has 1 aromatic rings. The number of hydrogen-bond donors (Lipinski definition) is 1. The van der Waals surface area contributed by atoms with Crippen LogP contribution in [0.1, 0.15) is 31.7 Å². The van der Waals surface area contributed by atoms with Gasteiger partial charge in [0.1, 0.15) is 5.82 Å². The van der Waals surface area contributed by atoms with Gasteiger partial charge in [0.05, 0.1) is 0 Å². The summed E-state index contributed by atoms with van der Waals surface area (Å²) >= 11 is 3.37. The maximum Gasteiger partial charge on any atom is 0.127 e. The Kier molecular flexibility index (Phi) is 3.98. The van der Waals surface area contributed by atoms with Gasteiger partial charge in [-0.3, -0.25) is 0 Å². The van der Waals surface area contributed by atoms with Crippen LogP contribution in [0.2, 0.25) is 0 Å². The third-order valence-corrected chi connectivity index (χ3v) is 3.92. The molecule has 2 unspecified atom stereocenters. The number of rotatable bonds is 3. The van der Waals surface area contributed by atoms with Gasteiger partial charge in [-0.25, -0.2) is 4.39 Å². The lowest BCUT2D eigenvalue weighted by Gasteiger charge is -2.17. The molecule has 0 heterocycles. The molecule has 0 aliphatic heterocycles. The summed E-state index contributed by atoms with van der Waals surface area (Å²) in [6.45, 7) is 2.89. The first-order valence-corrected chi connectivity index (χ1v) is 6.63. The molecular weight excluding hydrogens is 269 g/mol. The van der Waals surface area contributed by atoms with Crippen LogP contribution in [0.15, 0.2) is 22.7 Å². The summed E-state index contributed by atoms with van der Waals surface area (Å²) < 4.78 is 14.4. The molecule has 88 valence electrons. The lowest BCUT2D eigenvalue weighted by atomic mass is 10.1. The number of halogens is 2. The largest absolute Gasteiger partial charge is 0.310 e. The van der Waals surface area contributed by atoms with Gasteiger partial charge >= 0.3 is 0 Å². The Morgan fingerprint density at radius 1 is 1.44 bits per heavy atom. The van der Waals surface area contributed by atoms with Crippen LogP contribution in [0.25, 0.3) is 0 Å². The Hall–Kier alpha value is -0.410. The molecule has 16 heavy (non-hydrogen) atoms. The van der Waals surface area contributed by atoms with Crippen LogP contribution >= 0.6 is 15.9 Å². The average Bonchev–Trinajstić information content (AvgIpc) is 2.66. The Labute approximate surface area is 105 Å². The number of hydrogen-bond acceptors (Lipinski definition) is 1. The summed E-state index contributed by atoms with van der Waals surface area (Å²) in [4.78, 5) is 0. The van der Waals surface area contributed by atoms with E-state index in [2.05, 4.69) is 28.2 Å². The highest BCUT2D eigenvalue weighted by Gasteiger charge is 2.22. The smallest absolute Gasteiger partial charge is 0.127 e. The molecule has 2 atom stereocenters. The van der Waals surface area contributed by atoms with E-state index in [9.17, 15) is 4.39 Å². The highest BCUT2D eigenvalue weighted by atomic mass is 79.9. The standard InChI is InChI=1S/C13H17BrFN/c1-9-3-2-4-13(9)16-8-10-7-11(14)5-6-12(10)15/h5-7,9,13,16H,2-4,8H2,1H3. The lowest BCUT2D eigenvalue weighted by Crippen LogP contribution is -2.30. The highest BCUT2D eigenvalue weighted by Crippen LogP contribution is 2.25. The first kappa shape index (κ1) is 12.1. The van der Waals surface area contributed by atoms with Gasteiger partial charge in [-0.2, -0.15) is 0 Å². The zero-order chi connectivity index (χ0) is 11.5. The summed E-state index contributed by atoms with van der Waals surface area (Å²) in [5.41, 5.74) is 0.744. The second-order valence-electron chi connectivity index (χ2n) is 4.63. The molecule has 0 bridgehead atoms. The second-order valence-corrected chi connectivity index (χ2v) is 5.55. The third-order valence-electron chi connectivity index (χ3n) is 3.42. The van der Waals surface area contributed by atoms with Gasteiger partial charge < -0.3 is 5.32 Å². The van der Waals surface area contributed by atoms with E-state index in [4.69, 9.17) is 0 Å². The predicted octanol–water partition coefficient (Wildman–Crippen LogP) is 3.87. The Balaban J connectivity index is 1.96. The van der Waals surface area contributed by atoms with E-state index in [-0.39, 0.29) is 5.82 Å². The van der Waals surface area contributed by atoms with Crippen LogP contribution in [0, 0.1) is 11.7 Å². The predicted molar refractivity (Wildman–Crippen MR) is 67.7 cm³/mol. The molecule has 0 saturated heterocycles. The van der Waals surface area contributed by atoms with E-state index in [1.54, 1.807) is 6.07 Å². The van der Waals surface area contributed by atoms with Gasteiger partial charge in [0.2, 0.25) is 0 Å². The van der Waals surface area contributed by atoms with Crippen molar-refractivity contribution in [3.05, 3.63) is 34.1 Å². The van der Waals surface area contributed by atoms with Crippen LogP contribution < -0.4 is 5.32 Å². The molecule has 0 amide bonds. The summed E-state index contributed by atoms with van der Waals surface area (Å²) in [7, 11) is 0. The fourth-order valence-electron chi connectivity index (χ4n) is 2.37. The molecule has 1 aliphatic carbocycles. The van der Waals surface area contributed by atoms with Gasteiger partial charge in [-0.1, -0.05) is 29.3 Å². The zero-order valence-electron chi connectivity index (χ0n) is 9.47. The van der Waals surface area contributed by atoms with Crippen molar-refractivity contribution in [2.45, 2.75) is 38.8 Å². The second kappa shape index (κ2) is 5.28. The topological polar surface area (TPSA) is 12.0 Å². The molecule has 3 heteroatoms. The zero-order valence-corrected chi connectivity index (χ0v) is 11.1. The average molecular weight is 286 g/mol. The maximum absolute atomic E-state index is 13.5. The van der Waals surface area contributed by atoms with E-state index in [1.165, 1.54) is 25.3 Å². The van der Waals surface area contributed by atoms with Crippen molar-refractivity contribution in [2.75, 3.05) is 0 Å². The Morgan fingerprint density at radius 3 is 2.94 bits per heavy atom. The first-order chi connectivity index (χ1) is 7.66. The van der Waals surface area contributed by atoms with E-state index in [0.717, 1.165) is 16.0 Å². The summed E-state index contributed by atoms with van der Waals surface area (Å²) in [5.74, 6) is 0.594. The van der Waals surface area contributed by atoms with Crippen LogP contribution in [0.5, 0.6) is 0 Å². The van der Waals surface area contributed by atoms with Crippen molar-refractivity contribution in [2.24, 2.45) is 5.92 Å². The monoisotopic (exact) mass is 285 g/mol. The summed E-state index contributed by atoms with van der Waals surface area (Å²) in [5, 5.41) is 3.45. The van der Waals surface area contributed by atoms with Crippen molar-refractivity contribution in [3.63, 3.8) is 0 Å². The number of benzene rings is 1. The first-order valence-electron chi connectivity index (χ1n) is 5.84. The molecule has 1 nitrogen and oxygen atoms in total. The molecule has 2 rings (SSSR count). The Bertz CT molecular complexity index is 367. The van der Waals surface area contributed by atoms with E-state index in [1.807, 2.05) is 6.07 Å². The SMILES string of the molecule is CC1CCCC1NCc1cc(Br)ccc1F. The van der Waals surface area contributed by atoms with E-state index >= 15 is 0 Å². The quantitative estimate of drug-likeness (QED) is 0.889. The van der Waals surface area contributed by atoms with Crippen LogP contribution in [0.3, 0.4) is 0 Å². The van der Waals surface area contributed by atoms with Crippen molar-refractivity contribution in [1.29, 1.82) is 0 Å². The van der Waals surface area contributed by atoms with Crippen LogP contribution in [0.4, 0.5) is 4.39 Å². The summed E-state index contributed by atoms with van der Waals surface area (Å²) in [6, 6.07) is 5.65. The minimum absolute atomic E-state index is 0.124. The van der Waals surface area contributed by atoms with Crippen LogP contribution in [-0.2, 0) is 6.54 Å². The molecule has 1 saturated carbocycles. The Morgan fingerprint density at radius 2 is 2.25 bits per heavy atom. The van der Waals surface area contributed by atoms with Crippen molar-refractivity contribution < 1.29 is 4.39 Å².